The molecule has 6 atom stereocenters. The van der Waals surface area contributed by atoms with Gasteiger partial charge in [0.1, 0.15) is 18.8 Å². The van der Waals surface area contributed by atoms with Gasteiger partial charge in [-0.25, -0.2) is 4.39 Å². The molecule has 4 saturated carbocycles. The molecule has 1 aliphatic heterocycles. The summed E-state index contributed by atoms with van der Waals surface area (Å²) < 4.78 is 62.3. The molecule has 5 aliphatic rings. The molecule has 0 radical (unpaired) electrons. The number of carbonyl (C=O) groups is 2. The Morgan fingerprint density at radius 2 is 1.88 bits per heavy atom. The second kappa shape index (κ2) is 9.68. The number of hydrogen-bond acceptors (Lipinski definition) is 6. The van der Waals surface area contributed by atoms with Crippen LogP contribution in [0.1, 0.15) is 51.4 Å². The third-order valence-corrected chi connectivity index (χ3v) is 8.08. The molecule has 2 bridgehead atoms. The number of rotatable bonds is 6. The largest absolute Gasteiger partial charge is 0.428 e. The smallest absolute Gasteiger partial charge is 0.391 e. The average Bonchev–Trinajstić information content (AvgIpc) is 3.27. The maximum Gasteiger partial charge on any atom is 0.428 e. The summed E-state index contributed by atoms with van der Waals surface area (Å²) in [5.41, 5.74) is -1.62. The SMILES string of the molecule is O=C(COC1CCC(Cl)C(F)C1)NC12CCC(NC(=O)C3COC(C(F)(F)F)N3)(CC1)C[C@@H]2O. The number of hydrogen-bond donors (Lipinski definition) is 4. The Morgan fingerprint density at radius 3 is 2.47 bits per heavy atom. The van der Waals surface area contributed by atoms with Crippen molar-refractivity contribution in [3.63, 3.8) is 0 Å². The number of amides is 2. The fourth-order valence-electron chi connectivity index (χ4n) is 5.52. The first-order valence-electron chi connectivity index (χ1n) is 11.6. The Kier molecular flexibility index (Phi) is 7.37. The molecule has 2 amide bonds. The summed E-state index contributed by atoms with van der Waals surface area (Å²) in [5.74, 6) is -1.02. The van der Waals surface area contributed by atoms with Crippen LogP contribution >= 0.6 is 11.6 Å². The molecule has 5 rings (SSSR count). The first kappa shape index (κ1) is 25.9. The zero-order valence-corrected chi connectivity index (χ0v) is 19.3. The number of nitrogens with one attached hydrogen (secondary N) is 3. The van der Waals surface area contributed by atoms with E-state index >= 15 is 0 Å². The predicted molar refractivity (Wildman–Crippen MR) is 112 cm³/mol. The lowest BCUT2D eigenvalue weighted by atomic mass is 9.60. The van der Waals surface area contributed by atoms with Gasteiger partial charge in [-0.3, -0.25) is 14.9 Å². The molecule has 5 unspecified atom stereocenters. The molecule has 1 saturated heterocycles. The van der Waals surface area contributed by atoms with Crippen molar-refractivity contribution in [2.75, 3.05) is 13.2 Å². The summed E-state index contributed by atoms with van der Waals surface area (Å²) in [4.78, 5) is 25.1. The minimum absolute atomic E-state index is 0.141. The van der Waals surface area contributed by atoms with Crippen molar-refractivity contribution in [3.8, 4) is 0 Å². The zero-order valence-electron chi connectivity index (χ0n) is 18.5. The van der Waals surface area contributed by atoms with E-state index in [9.17, 15) is 32.3 Å². The molecule has 4 N–H and O–H groups in total. The Morgan fingerprint density at radius 1 is 1.18 bits per heavy atom. The van der Waals surface area contributed by atoms with Gasteiger partial charge in [0.2, 0.25) is 18.0 Å². The van der Waals surface area contributed by atoms with Crippen LogP contribution < -0.4 is 16.0 Å². The van der Waals surface area contributed by atoms with Crippen molar-refractivity contribution in [1.29, 1.82) is 0 Å². The monoisotopic (exact) mass is 515 g/mol. The van der Waals surface area contributed by atoms with E-state index in [1.807, 2.05) is 0 Å². The van der Waals surface area contributed by atoms with Crippen LogP contribution in [0.3, 0.4) is 0 Å². The summed E-state index contributed by atoms with van der Waals surface area (Å²) in [5, 5.41) is 18.1. The Balaban J connectivity index is 1.26. The van der Waals surface area contributed by atoms with E-state index < -0.39 is 65.6 Å². The zero-order chi connectivity index (χ0) is 24.7. The van der Waals surface area contributed by atoms with Crippen molar-refractivity contribution in [3.05, 3.63) is 0 Å². The molecule has 0 aromatic rings. The number of alkyl halides is 5. The molecule has 0 spiro atoms. The standard InChI is InChI=1S/C21H30ClF4N3O5/c22-12-2-1-11(7-13(12)23)33-10-16(31)28-20-5-3-19(4-6-20,8-15(20)30)29-17(32)14-9-34-18(27-14)21(24,25)26/h11-15,18,27,30H,1-10H2,(H,28,31)(H,29,32)/t11?,12?,13?,14?,15-,18?,19?,20?/m0/s1. The maximum absolute atomic E-state index is 13.8. The second-order valence-electron chi connectivity index (χ2n) is 9.95. The van der Waals surface area contributed by atoms with E-state index in [0.717, 1.165) is 0 Å². The van der Waals surface area contributed by atoms with Crippen molar-refractivity contribution in [2.45, 2.75) is 105 Å². The van der Waals surface area contributed by atoms with Gasteiger partial charge in [-0.2, -0.15) is 13.2 Å². The topological polar surface area (TPSA) is 109 Å². The minimum Gasteiger partial charge on any atom is -0.391 e. The highest BCUT2D eigenvalue weighted by Gasteiger charge is 2.56. The van der Waals surface area contributed by atoms with Crippen molar-refractivity contribution in [2.24, 2.45) is 0 Å². The number of fused-ring (bicyclic) bond motifs is 3. The summed E-state index contributed by atoms with van der Waals surface area (Å²) in [6.45, 7) is -0.654. The summed E-state index contributed by atoms with van der Waals surface area (Å²) in [7, 11) is 0. The second-order valence-corrected chi connectivity index (χ2v) is 10.5. The fourth-order valence-corrected chi connectivity index (χ4v) is 5.75. The summed E-state index contributed by atoms with van der Waals surface area (Å²) in [6.07, 6.45) is -6.25. The van der Waals surface area contributed by atoms with Crippen LogP contribution in [-0.4, -0.2) is 83.4 Å². The number of aliphatic hydroxyl groups is 1. The highest BCUT2D eigenvalue weighted by molar-refractivity contribution is 6.21. The molecule has 4 aliphatic carbocycles. The van der Waals surface area contributed by atoms with Crippen LogP contribution in [0.25, 0.3) is 0 Å². The molecule has 34 heavy (non-hydrogen) atoms. The molecule has 1 heterocycles. The van der Waals surface area contributed by atoms with Gasteiger partial charge in [0.15, 0.2) is 0 Å². The van der Waals surface area contributed by atoms with Crippen LogP contribution in [-0.2, 0) is 19.1 Å². The maximum atomic E-state index is 13.8. The van der Waals surface area contributed by atoms with E-state index in [1.54, 1.807) is 0 Å². The minimum atomic E-state index is -4.61. The molecule has 5 fully saturated rings. The van der Waals surface area contributed by atoms with Gasteiger partial charge in [0, 0.05) is 12.0 Å². The molecule has 8 nitrogen and oxygen atoms in total. The van der Waals surface area contributed by atoms with Gasteiger partial charge in [-0.05, 0) is 44.9 Å². The first-order chi connectivity index (χ1) is 15.9. The lowest BCUT2D eigenvalue weighted by molar-refractivity contribution is -0.212. The molecule has 0 aromatic carbocycles. The summed E-state index contributed by atoms with van der Waals surface area (Å²) in [6, 6.07) is -1.14. The van der Waals surface area contributed by atoms with Crippen molar-refractivity contribution < 1.29 is 41.7 Å². The average molecular weight is 516 g/mol. The number of aliphatic hydroxyl groups excluding tert-OH is 1. The first-order valence-corrected chi connectivity index (χ1v) is 12.0. The number of ether oxygens (including phenoxy) is 2. The molecule has 0 aromatic heterocycles. The van der Waals surface area contributed by atoms with E-state index in [4.69, 9.17) is 16.3 Å². The third-order valence-electron chi connectivity index (χ3n) is 7.59. The van der Waals surface area contributed by atoms with Gasteiger partial charge in [0.05, 0.1) is 29.7 Å². The fraction of sp³-hybridized carbons (Fsp3) is 0.905. The van der Waals surface area contributed by atoms with Gasteiger partial charge < -0.3 is 25.2 Å². The Bertz CT molecular complexity index is 780. The predicted octanol–water partition coefficient (Wildman–Crippen LogP) is 1.43. The molecular weight excluding hydrogens is 486 g/mol. The normalized spacial score (nSPS) is 42.4. The van der Waals surface area contributed by atoms with Gasteiger partial charge in [-0.1, -0.05) is 0 Å². The lowest BCUT2D eigenvalue weighted by Gasteiger charge is -2.56. The Labute approximate surface area is 199 Å². The number of halogens is 5. The molecule has 194 valence electrons. The van der Waals surface area contributed by atoms with Crippen LogP contribution in [0, 0.1) is 0 Å². The van der Waals surface area contributed by atoms with Crippen LogP contribution in [0.5, 0.6) is 0 Å². The van der Waals surface area contributed by atoms with E-state index in [2.05, 4.69) is 20.7 Å². The van der Waals surface area contributed by atoms with Crippen LogP contribution in [0.2, 0.25) is 0 Å². The summed E-state index contributed by atoms with van der Waals surface area (Å²) >= 11 is 5.87. The Hall–Kier alpha value is -1.21. The van der Waals surface area contributed by atoms with Crippen molar-refractivity contribution in [1.82, 2.24) is 16.0 Å². The molecule has 13 heteroatoms. The number of carbonyl (C=O) groups excluding carboxylic acids is 2. The van der Waals surface area contributed by atoms with Crippen molar-refractivity contribution >= 4 is 23.4 Å². The van der Waals surface area contributed by atoms with Gasteiger partial charge in [-0.15, -0.1) is 11.6 Å². The quantitative estimate of drug-likeness (QED) is 0.315. The van der Waals surface area contributed by atoms with Gasteiger partial charge >= 0.3 is 6.18 Å². The van der Waals surface area contributed by atoms with E-state index in [-0.39, 0.29) is 25.6 Å². The van der Waals surface area contributed by atoms with Gasteiger partial charge in [0.25, 0.3) is 0 Å². The van der Waals surface area contributed by atoms with Crippen LogP contribution in [0.4, 0.5) is 17.6 Å². The molecular formula is C21H30ClF4N3O5. The van der Waals surface area contributed by atoms with E-state index in [0.29, 0.717) is 38.5 Å². The highest BCUT2D eigenvalue weighted by atomic mass is 35.5. The van der Waals surface area contributed by atoms with Crippen LogP contribution in [0.15, 0.2) is 0 Å². The third kappa shape index (κ3) is 5.45. The highest BCUT2D eigenvalue weighted by Crippen LogP contribution is 2.47. The van der Waals surface area contributed by atoms with E-state index in [1.165, 1.54) is 0 Å². The lowest BCUT2D eigenvalue weighted by Crippen LogP contribution is -2.71.